The largest absolute Gasteiger partial charge is 0.497 e. The SMILES string of the molecule is COc1ccc(S(=O)(=O)/N=C2/C=C(SCC(=O)O)C(=O)c3ccccc32)cc1. The molecule has 0 radical (unpaired) electrons. The number of ether oxygens (including phenoxy) is 1. The second-order valence-electron chi connectivity index (χ2n) is 5.69. The van der Waals surface area contributed by atoms with Crippen molar-refractivity contribution < 1.29 is 27.9 Å². The molecule has 0 saturated heterocycles. The lowest BCUT2D eigenvalue weighted by Crippen LogP contribution is -2.18. The van der Waals surface area contributed by atoms with Crippen molar-refractivity contribution >= 4 is 39.2 Å². The smallest absolute Gasteiger partial charge is 0.313 e. The van der Waals surface area contributed by atoms with Crippen molar-refractivity contribution in [1.29, 1.82) is 0 Å². The lowest BCUT2D eigenvalue weighted by Gasteiger charge is -2.16. The van der Waals surface area contributed by atoms with Gasteiger partial charge in [-0.1, -0.05) is 24.3 Å². The molecule has 3 rings (SSSR count). The zero-order valence-corrected chi connectivity index (χ0v) is 16.3. The molecular formula is C19H15NO6S2. The van der Waals surface area contributed by atoms with Gasteiger partial charge >= 0.3 is 5.97 Å². The van der Waals surface area contributed by atoms with E-state index < -0.39 is 16.0 Å². The maximum Gasteiger partial charge on any atom is 0.313 e. The van der Waals surface area contributed by atoms with Crippen LogP contribution < -0.4 is 4.74 Å². The number of carbonyl (C=O) groups excluding carboxylic acids is 1. The quantitative estimate of drug-likeness (QED) is 0.769. The van der Waals surface area contributed by atoms with E-state index in [1.807, 2.05) is 0 Å². The molecular weight excluding hydrogens is 402 g/mol. The van der Waals surface area contributed by atoms with E-state index in [9.17, 15) is 18.0 Å². The highest BCUT2D eigenvalue weighted by Crippen LogP contribution is 2.29. The third kappa shape index (κ3) is 4.15. The van der Waals surface area contributed by atoms with Crippen molar-refractivity contribution in [2.24, 2.45) is 4.40 Å². The average molecular weight is 417 g/mol. The number of rotatable bonds is 6. The third-order valence-electron chi connectivity index (χ3n) is 3.87. The van der Waals surface area contributed by atoms with Crippen LogP contribution in [0.1, 0.15) is 15.9 Å². The predicted molar refractivity (Wildman–Crippen MR) is 106 cm³/mol. The number of allylic oxidation sites excluding steroid dienone is 2. The fraction of sp³-hybridized carbons (Fsp3) is 0.105. The van der Waals surface area contributed by atoms with E-state index in [4.69, 9.17) is 9.84 Å². The van der Waals surface area contributed by atoms with Crippen molar-refractivity contribution in [3.63, 3.8) is 0 Å². The Bertz CT molecular complexity index is 1100. The number of Topliss-reactive ketones (excluding diaryl/α,β-unsaturated/α-hetero) is 1. The summed E-state index contributed by atoms with van der Waals surface area (Å²) in [6.45, 7) is 0. The monoisotopic (exact) mass is 417 g/mol. The van der Waals surface area contributed by atoms with Crippen molar-refractivity contribution in [3.8, 4) is 5.75 Å². The van der Waals surface area contributed by atoms with Crippen LogP contribution in [0.2, 0.25) is 0 Å². The molecule has 2 aromatic rings. The number of carbonyl (C=O) groups is 2. The Balaban J connectivity index is 2.07. The standard InChI is InChI=1S/C19H15NO6S2/c1-26-12-6-8-13(9-7-12)28(24,25)20-16-10-17(27-11-18(21)22)19(23)15-5-3-2-4-14(15)16/h2-10H,11H2,1H3,(H,21,22)/b20-16-. The zero-order chi connectivity index (χ0) is 20.3. The Morgan fingerprint density at radius 1 is 1.11 bits per heavy atom. The molecule has 2 aromatic carbocycles. The fourth-order valence-electron chi connectivity index (χ4n) is 2.56. The molecule has 1 aliphatic rings. The van der Waals surface area contributed by atoms with Crippen molar-refractivity contribution in [2.45, 2.75) is 4.90 Å². The highest BCUT2D eigenvalue weighted by Gasteiger charge is 2.26. The molecule has 0 heterocycles. The van der Waals surface area contributed by atoms with E-state index in [0.717, 1.165) is 11.8 Å². The molecule has 0 amide bonds. The first-order valence-corrected chi connectivity index (χ1v) is 10.4. The number of carboxylic acid groups (broad SMARTS) is 1. The topological polar surface area (TPSA) is 110 Å². The molecule has 0 bridgehead atoms. The number of methoxy groups -OCH3 is 1. The van der Waals surface area contributed by atoms with Gasteiger partial charge in [-0.15, -0.1) is 11.8 Å². The fourth-order valence-corrected chi connectivity index (χ4v) is 4.27. The van der Waals surface area contributed by atoms with Crippen LogP contribution in [0.15, 0.2) is 68.8 Å². The van der Waals surface area contributed by atoms with E-state index in [1.165, 1.54) is 37.5 Å². The van der Waals surface area contributed by atoms with E-state index in [2.05, 4.69) is 4.40 Å². The maximum atomic E-state index is 12.7. The van der Waals surface area contributed by atoms with Gasteiger partial charge in [-0.25, -0.2) is 0 Å². The third-order valence-corrected chi connectivity index (χ3v) is 6.18. The number of nitrogens with zero attached hydrogens (tertiary/aromatic N) is 1. The lowest BCUT2D eigenvalue weighted by molar-refractivity contribution is -0.133. The maximum absolute atomic E-state index is 12.7. The van der Waals surface area contributed by atoms with Crippen LogP contribution in [0, 0.1) is 0 Å². The van der Waals surface area contributed by atoms with Gasteiger partial charge in [0.2, 0.25) is 0 Å². The number of sulfonamides is 1. The first kappa shape index (κ1) is 19.8. The molecule has 0 aliphatic heterocycles. The Morgan fingerprint density at radius 3 is 2.36 bits per heavy atom. The summed E-state index contributed by atoms with van der Waals surface area (Å²) in [7, 11) is -2.58. The molecule has 7 nitrogen and oxygen atoms in total. The predicted octanol–water partition coefficient (Wildman–Crippen LogP) is 2.77. The second kappa shape index (κ2) is 7.99. The molecule has 144 valence electrons. The summed E-state index contributed by atoms with van der Waals surface area (Å²) in [6, 6.07) is 12.3. The summed E-state index contributed by atoms with van der Waals surface area (Å²) in [5.74, 6) is -1.25. The normalized spacial score (nSPS) is 15.1. The zero-order valence-electron chi connectivity index (χ0n) is 14.7. The number of hydrogen-bond donors (Lipinski definition) is 1. The highest BCUT2D eigenvalue weighted by atomic mass is 32.2. The first-order chi connectivity index (χ1) is 13.3. The van der Waals surface area contributed by atoms with Crippen LogP contribution >= 0.6 is 11.8 Å². The highest BCUT2D eigenvalue weighted by molar-refractivity contribution is 8.04. The molecule has 0 spiro atoms. The minimum Gasteiger partial charge on any atom is -0.497 e. The number of hydrogen-bond acceptors (Lipinski definition) is 6. The van der Waals surface area contributed by atoms with E-state index in [1.54, 1.807) is 24.3 Å². The van der Waals surface area contributed by atoms with Gasteiger partial charge in [0.1, 0.15) is 5.75 Å². The summed E-state index contributed by atoms with van der Waals surface area (Å²) in [6.07, 6.45) is 1.32. The Kier molecular flexibility index (Phi) is 5.66. The molecule has 0 atom stereocenters. The second-order valence-corrected chi connectivity index (χ2v) is 8.31. The molecule has 0 saturated carbocycles. The summed E-state index contributed by atoms with van der Waals surface area (Å²) in [4.78, 5) is 23.5. The number of carboxylic acids is 1. The molecule has 9 heteroatoms. The minimum absolute atomic E-state index is 0.0247. The van der Waals surface area contributed by atoms with Crippen LogP contribution in [0.25, 0.3) is 0 Å². The van der Waals surface area contributed by atoms with Gasteiger partial charge in [-0.3, -0.25) is 9.59 Å². The molecule has 0 fully saturated rings. The number of benzene rings is 2. The van der Waals surface area contributed by atoms with Gasteiger partial charge in [-0.2, -0.15) is 12.8 Å². The van der Waals surface area contributed by atoms with Gasteiger partial charge in [0, 0.05) is 11.1 Å². The lowest BCUT2D eigenvalue weighted by atomic mass is 9.94. The first-order valence-electron chi connectivity index (χ1n) is 8.01. The molecule has 1 aliphatic carbocycles. The van der Waals surface area contributed by atoms with E-state index >= 15 is 0 Å². The number of fused-ring (bicyclic) bond motifs is 1. The van der Waals surface area contributed by atoms with Gasteiger partial charge in [-0.05, 0) is 30.3 Å². The van der Waals surface area contributed by atoms with Crippen LogP contribution in [-0.2, 0) is 14.8 Å². The van der Waals surface area contributed by atoms with Crippen molar-refractivity contribution in [1.82, 2.24) is 0 Å². The Labute approximate surface area is 165 Å². The van der Waals surface area contributed by atoms with Gasteiger partial charge in [0.05, 0.1) is 28.4 Å². The van der Waals surface area contributed by atoms with Crippen molar-refractivity contribution in [3.05, 3.63) is 70.6 Å². The Hall–Kier alpha value is -2.91. The van der Waals surface area contributed by atoms with Crippen molar-refractivity contribution in [2.75, 3.05) is 12.9 Å². The van der Waals surface area contributed by atoms with Gasteiger partial charge in [0.15, 0.2) is 5.78 Å². The van der Waals surface area contributed by atoms with Crippen LogP contribution in [0.5, 0.6) is 5.75 Å². The number of ketones is 1. The minimum atomic E-state index is -4.05. The summed E-state index contributed by atoms with van der Waals surface area (Å²) in [5.41, 5.74) is 0.740. The number of aliphatic carboxylic acids is 1. The van der Waals surface area contributed by atoms with E-state index in [0.29, 0.717) is 11.3 Å². The molecule has 1 N–H and O–H groups in total. The summed E-state index contributed by atoms with van der Waals surface area (Å²) in [5, 5.41) is 8.87. The molecule has 0 aromatic heterocycles. The van der Waals surface area contributed by atoms with Crippen LogP contribution in [-0.4, -0.2) is 43.9 Å². The van der Waals surface area contributed by atoms with Gasteiger partial charge < -0.3 is 9.84 Å². The summed E-state index contributed by atoms with van der Waals surface area (Å²) < 4.78 is 34.4. The van der Waals surface area contributed by atoms with Gasteiger partial charge in [0.25, 0.3) is 10.0 Å². The molecule has 28 heavy (non-hydrogen) atoms. The average Bonchev–Trinajstić information content (AvgIpc) is 2.69. The van der Waals surface area contributed by atoms with Crippen LogP contribution in [0.3, 0.4) is 0 Å². The number of thioether (sulfide) groups is 1. The molecule has 0 unspecified atom stereocenters. The Morgan fingerprint density at radius 2 is 1.75 bits per heavy atom. The summed E-state index contributed by atoms with van der Waals surface area (Å²) >= 11 is 0.827. The van der Waals surface area contributed by atoms with Crippen LogP contribution in [0.4, 0.5) is 0 Å². The van der Waals surface area contributed by atoms with E-state index in [-0.39, 0.29) is 32.6 Å².